The number of nitrogens with two attached hydrogens (primary N) is 2. The molecule has 0 heterocycles. The highest BCUT2D eigenvalue weighted by molar-refractivity contribution is 6.11. The molecule has 4 N–H and O–H groups in total. The lowest BCUT2D eigenvalue weighted by molar-refractivity contribution is 0.0889. The van der Waals surface area contributed by atoms with E-state index in [0.29, 0.717) is 42.4 Å². The van der Waals surface area contributed by atoms with Gasteiger partial charge in [0.05, 0.1) is 13.2 Å². The first-order valence-electron chi connectivity index (χ1n) is 12.3. The van der Waals surface area contributed by atoms with Crippen LogP contribution in [0.5, 0.6) is 5.75 Å². The summed E-state index contributed by atoms with van der Waals surface area (Å²) in [6, 6.07) is 22.4. The fourth-order valence-electron chi connectivity index (χ4n) is 3.69. The lowest BCUT2D eigenvalue weighted by Crippen LogP contribution is -2.23. The first kappa shape index (κ1) is 27.7. The minimum Gasteiger partial charge on any atom is -0.491 e. The Hall–Kier alpha value is -3.88. The predicted molar refractivity (Wildman–Crippen MR) is 150 cm³/mol. The molecular formula is C29H37N5O3. The van der Waals surface area contributed by atoms with Crippen LogP contribution in [0.4, 0.5) is 11.4 Å². The molecule has 0 spiro atoms. The Bertz CT molecular complexity index is 1160. The minimum atomic E-state index is -0.422. The first-order chi connectivity index (χ1) is 17.8. The van der Waals surface area contributed by atoms with Crippen LogP contribution in [0, 0.1) is 0 Å². The van der Waals surface area contributed by atoms with E-state index in [4.69, 9.17) is 20.9 Å². The lowest BCUT2D eigenvalue weighted by Gasteiger charge is -2.20. The average Bonchev–Trinajstić information content (AvgIpc) is 2.89. The highest BCUT2D eigenvalue weighted by Gasteiger charge is 2.11. The molecule has 3 aromatic rings. The zero-order valence-corrected chi connectivity index (χ0v) is 21.9. The highest BCUT2D eigenvalue weighted by Crippen LogP contribution is 2.21. The third-order valence-electron chi connectivity index (χ3n) is 5.78. The van der Waals surface area contributed by atoms with Gasteiger partial charge >= 0.3 is 0 Å². The molecule has 8 nitrogen and oxygen atoms in total. The van der Waals surface area contributed by atoms with Crippen molar-refractivity contribution >= 4 is 23.1 Å². The van der Waals surface area contributed by atoms with E-state index in [-0.39, 0.29) is 5.84 Å². The third kappa shape index (κ3) is 8.93. The van der Waals surface area contributed by atoms with E-state index in [1.165, 1.54) is 0 Å². The number of hydrogen-bond acceptors (Lipinski definition) is 6. The molecule has 8 heteroatoms. The van der Waals surface area contributed by atoms with Crippen LogP contribution in [-0.2, 0) is 11.3 Å². The van der Waals surface area contributed by atoms with E-state index in [2.05, 4.69) is 28.9 Å². The summed E-state index contributed by atoms with van der Waals surface area (Å²) in [5, 5.41) is 0. The number of carbonyl (C=O) groups excluding carboxylic acids is 1. The molecule has 0 saturated carbocycles. The molecule has 37 heavy (non-hydrogen) atoms. The fraction of sp³-hybridized carbons (Fsp3) is 0.310. The number of aliphatic imine (C=N–C) groups is 1. The van der Waals surface area contributed by atoms with Crippen molar-refractivity contribution in [2.24, 2.45) is 10.7 Å². The molecular weight excluding hydrogens is 466 g/mol. The summed E-state index contributed by atoms with van der Waals surface area (Å²) < 4.78 is 11.3. The second-order valence-corrected chi connectivity index (χ2v) is 9.06. The summed E-state index contributed by atoms with van der Waals surface area (Å²) in [6.07, 6.45) is 1.05. The molecule has 3 aromatic carbocycles. The van der Waals surface area contributed by atoms with Gasteiger partial charge in [0.25, 0.3) is 5.91 Å². The Kier molecular flexibility index (Phi) is 10.5. The molecule has 1 amide bonds. The molecule has 0 saturated heterocycles. The molecule has 0 atom stereocenters. The Labute approximate surface area is 219 Å². The summed E-state index contributed by atoms with van der Waals surface area (Å²) in [6.45, 7) is 3.31. The molecule has 0 aliphatic rings. The van der Waals surface area contributed by atoms with Crippen molar-refractivity contribution in [3.63, 3.8) is 0 Å². The van der Waals surface area contributed by atoms with Crippen molar-refractivity contribution in [1.29, 1.82) is 0 Å². The summed E-state index contributed by atoms with van der Waals surface area (Å²) in [4.78, 5) is 21.1. The van der Waals surface area contributed by atoms with Crippen LogP contribution in [0.2, 0.25) is 0 Å². The van der Waals surface area contributed by atoms with Gasteiger partial charge < -0.3 is 30.7 Å². The first-order valence-corrected chi connectivity index (χ1v) is 12.3. The van der Waals surface area contributed by atoms with Crippen molar-refractivity contribution in [3.8, 4) is 5.75 Å². The van der Waals surface area contributed by atoms with Crippen LogP contribution in [0.3, 0.4) is 0 Å². The summed E-state index contributed by atoms with van der Waals surface area (Å²) in [7, 11) is 6.16. The monoisotopic (exact) mass is 503 g/mol. The maximum Gasteiger partial charge on any atom is 0.278 e. The molecule has 0 fully saturated rings. The van der Waals surface area contributed by atoms with E-state index in [9.17, 15) is 4.79 Å². The fourth-order valence-corrected chi connectivity index (χ4v) is 3.69. The van der Waals surface area contributed by atoms with Gasteiger partial charge in [-0.2, -0.15) is 4.99 Å². The van der Waals surface area contributed by atoms with Crippen LogP contribution < -0.4 is 21.1 Å². The molecule has 0 aliphatic carbocycles. The number of benzene rings is 3. The van der Waals surface area contributed by atoms with Crippen LogP contribution in [-0.4, -0.2) is 64.1 Å². The van der Waals surface area contributed by atoms with E-state index in [0.717, 1.165) is 30.8 Å². The number of nitrogens with zero attached hydrogens (tertiary/aromatic N) is 3. The molecule has 196 valence electrons. The number of hydrogen-bond donors (Lipinski definition) is 2. The van der Waals surface area contributed by atoms with Crippen molar-refractivity contribution in [2.75, 3.05) is 58.1 Å². The smallest absolute Gasteiger partial charge is 0.278 e. The number of amides is 1. The van der Waals surface area contributed by atoms with Gasteiger partial charge in [-0.1, -0.05) is 30.3 Å². The topological polar surface area (TPSA) is 106 Å². The van der Waals surface area contributed by atoms with Gasteiger partial charge in [0.2, 0.25) is 0 Å². The molecule has 0 unspecified atom stereocenters. The second-order valence-electron chi connectivity index (χ2n) is 9.06. The third-order valence-corrected chi connectivity index (χ3v) is 5.78. The van der Waals surface area contributed by atoms with Crippen molar-refractivity contribution in [1.82, 2.24) is 4.90 Å². The van der Waals surface area contributed by atoms with Gasteiger partial charge in [-0.05, 0) is 69.0 Å². The minimum absolute atomic E-state index is 0.0603. The SMILES string of the molecule is CN(C)CCCN(C)c1ccc(C(=O)N=C(N)c2ccc(OCCOCc3ccccc3)cc2N)cc1. The van der Waals surface area contributed by atoms with E-state index >= 15 is 0 Å². The maximum absolute atomic E-state index is 12.7. The Morgan fingerprint density at radius 3 is 2.32 bits per heavy atom. The van der Waals surface area contributed by atoms with Crippen LogP contribution in [0.25, 0.3) is 0 Å². The maximum atomic E-state index is 12.7. The number of anilines is 2. The number of rotatable bonds is 13. The zero-order valence-electron chi connectivity index (χ0n) is 21.9. The molecule has 0 aliphatic heterocycles. The summed E-state index contributed by atoms with van der Waals surface area (Å²) in [5.74, 6) is 0.230. The molecule has 0 bridgehead atoms. The number of amidine groups is 1. The van der Waals surface area contributed by atoms with Crippen molar-refractivity contribution < 1.29 is 14.3 Å². The van der Waals surface area contributed by atoms with Gasteiger partial charge in [-0.3, -0.25) is 4.79 Å². The number of nitrogen functional groups attached to an aromatic ring is 1. The highest BCUT2D eigenvalue weighted by atomic mass is 16.5. The lowest BCUT2D eigenvalue weighted by atomic mass is 10.1. The van der Waals surface area contributed by atoms with Crippen LogP contribution in [0.1, 0.15) is 27.9 Å². The summed E-state index contributed by atoms with van der Waals surface area (Å²) >= 11 is 0. The second kappa shape index (κ2) is 14.0. The number of carbonyl (C=O) groups is 1. The average molecular weight is 504 g/mol. The molecule has 3 rings (SSSR count). The van der Waals surface area contributed by atoms with Gasteiger partial charge in [0, 0.05) is 42.2 Å². The van der Waals surface area contributed by atoms with E-state index in [1.54, 1.807) is 30.3 Å². The quantitative estimate of drug-likeness (QED) is 0.158. The summed E-state index contributed by atoms with van der Waals surface area (Å²) in [5.41, 5.74) is 15.8. The van der Waals surface area contributed by atoms with Crippen molar-refractivity contribution in [3.05, 3.63) is 89.5 Å². The number of ether oxygens (including phenoxy) is 2. The predicted octanol–water partition coefficient (Wildman–Crippen LogP) is 3.80. The molecule has 0 radical (unpaired) electrons. The molecule has 0 aromatic heterocycles. The Balaban J connectivity index is 1.51. The zero-order chi connectivity index (χ0) is 26.6. The largest absolute Gasteiger partial charge is 0.491 e. The van der Waals surface area contributed by atoms with E-state index in [1.807, 2.05) is 49.5 Å². The van der Waals surface area contributed by atoms with Crippen LogP contribution in [0.15, 0.2) is 77.8 Å². The van der Waals surface area contributed by atoms with Crippen LogP contribution >= 0.6 is 0 Å². The Morgan fingerprint density at radius 2 is 1.65 bits per heavy atom. The van der Waals surface area contributed by atoms with Gasteiger partial charge in [-0.15, -0.1) is 0 Å². The van der Waals surface area contributed by atoms with E-state index < -0.39 is 5.91 Å². The van der Waals surface area contributed by atoms with Gasteiger partial charge in [0.1, 0.15) is 18.2 Å². The van der Waals surface area contributed by atoms with Crippen molar-refractivity contribution in [2.45, 2.75) is 13.0 Å². The van der Waals surface area contributed by atoms with Gasteiger partial charge in [-0.25, -0.2) is 0 Å². The normalized spacial score (nSPS) is 11.5. The van der Waals surface area contributed by atoms with Gasteiger partial charge in [0.15, 0.2) is 0 Å². The standard InChI is InChI=1S/C29H37N5O3/c1-33(2)16-7-17-34(3)24-12-10-23(11-13-24)29(35)32-28(31)26-15-14-25(20-27(26)30)37-19-18-36-21-22-8-5-4-6-9-22/h4-6,8-15,20H,7,16-19,21,30H2,1-3H3,(H2,31,32,35). The Morgan fingerprint density at radius 1 is 0.919 bits per heavy atom.